The Bertz CT molecular complexity index is 633. The Morgan fingerprint density at radius 1 is 1.04 bits per heavy atom. The zero-order valence-electron chi connectivity index (χ0n) is 12.0. The van der Waals surface area contributed by atoms with Crippen molar-refractivity contribution in [1.82, 2.24) is 5.32 Å². The van der Waals surface area contributed by atoms with Gasteiger partial charge in [0.25, 0.3) is 5.91 Å². The number of nitrogens with one attached hydrogen (secondary N) is 1. The molecule has 0 saturated heterocycles. The Morgan fingerprint density at radius 2 is 1.65 bits per heavy atom. The van der Waals surface area contributed by atoms with Gasteiger partial charge in [-0.25, -0.2) is 0 Å². The van der Waals surface area contributed by atoms with Gasteiger partial charge < -0.3 is 14.8 Å². The van der Waals surface area contributed by atoms with Gasteiger partial charge >= 0.3 is 6.61 Å². The van der Waals surface area contributed by atoms with Crippen LogP contribution in [0.1, 0.15) is 10.4 Å². The standard InChI is InChI=1S/C16H14ClF2NO3/c17-12-3-7-13(8-4-12)22-10-9-20-15(21)11-1-5-14(6-2-11)23-16(18)19/h1-8,16H,9-10H2,(H,20,21). The Morgan fingerprint density at radius 3 is 2.26 bits per heavy atom. The van der Waals surface area contributed by atoms with E-state index in [9.17, 15) is 13.6 Å². The molecule has 0 saturated carbocycles. The largest absolute Gasteiger partial charge is 0.492 e. The first kappa shape index (κ1) is 17.0. The maximum absolute atomic E-state index is 12.0. The maximum Gasteiger partial charge on any atom is 0.387 e. The molecule has 0 aliphatic carbocycles. The van der Waals surface area contributed by atoms with Crippen molar-refractivity contribution < 1.29 is 23.0 Å². The van der Waals surface area contributed by atoms with Crippen molar-refractivity contribution in [2.24, 2.45) is 0 Å². The number of halogens is 3. The normalized spacial score (nSPS) is 10.4. The van der Waals surface area contributed by atoms with E-state index in [4.69, 9.17) is 16.3 Å². The van der Waals surface area contributed by atoms with Crippen LogP contribution in [0, 0.1) is 0 Å². The topological polar surface area (TPSA) is 47.6 Å². The van der Waals surface area contributed by atoms with Gasteiger partial charge in [-0.2, -0.15) is 8.78 Å². The van der Waals surface area contributed by atoms with Crippen molar-refractivity contribution in [1.29, 1.82) is 0 Å². The van der Waals surface area contributed by atoms with E-state index in [-0.39, 0.29) is 11.7 Å². The summed E-state index contributed by atoms with van der Waals surface area (Å²) in [6.45, 7) is -2.30. The van der Waals surface area contributed by atoms with Crippen molar-refractivity contribution in [2.75, 3.05) is 13.2 Å². The molecule has 0 atom stereocenters. The van der Waals surface area contributed by atoms with Gasteiger partial charge in [-0.3, -0.25) is 4.79 Å². The van der Waals surface area contributed by atoms with Crippen LogP contribution in [0.5, 0.6) is 11.5 Å². The van der Waals surface area contributed by atoms with E-state index in [0.717, 1.165) is 0 Å². The molecule has 2 rings (SSSR count). The Hall–Kier alpha value is -2.34. The number of benzene rings is 2. The van der Waals surface area contributed by atoms with Crippen LogP contribution in [-0.2, 0) is 0 Å². The molecule has 7 heteroatoms. The number of rotatable bonds is 7. The highest BCUT2D eigenvalue weighted by molar-refractivity contribution is 6.30. The summed E-state index contributed by atoms with van der Waals surface area (Å²) < 4.78 is 33.7. The van der Waals surface area contributed by atoms with E-state index >= 15 is 0 Å². The average Bonchev–Trinajstić information content (AvgIpc) is 2.53. The number of carbonyl (C=O) groups excluding carboxylic acids is 1. The molecule has 4 nitrogen and oxygen atoms in total. The summed E-state index contributed by atoms with van der Waals surface area (Å²) in [6.07, 6.45) is 0. The third-order valence-corrected chi connectivity index (χ3v) is 3.06. The minimum Gasteiger partial charge on any atom is -0.492 e. The van der Waals surface area contributed by atoms with Gasteiger partial charge in [0.1, 0.15) is 18.1 Å². The first-order valence-corrected chi connectivity index (χ1v) is 7.14. The predicted molar refractivity (Wildman–Crippen MR) is 82.4 cm³/mol. The predicted octanol–water partition coefficient (Wildman–Crippen LogP) is 3.75. The van der Waals surface area contributed by atoms with Crippen LogP contribution in [0.3, 0.4) is 0 Å². The highest BCUT2D eigenvalue weighted by Gasteiger charge is 2.07. The zero-order valence-corrected chi connectivity index (χ0v) is 12.7. The average molecular weight is 342 g/mol. The first-order chi connectivity index (χ1) is 11.0. The van der Waals surface area contributed by atoms with E-state index in [1.54, 1.807) is 24.3 Å². The van der Waals surface area contributed by atoms with E-state index in [0.29, 0.717) is 29.5 Å². The summed E-state index contributed by atoms with van der Waals surface area (Å²) in [7, 11) is 0. The molecule has 1 amide bonds. The molecule has 2 aromatic carbocycles. The monoisotopic (exact) mass is 341 g/mol. The lowest BCUT2D eigenvalue weighted by Crippen LogP contribution is -2.28. The van der Waals surface area contributed by atoms with Crippen molar-refractivity contribution in [3.05, 3.63) is 59.1 Å². The van der Waals surface area contributed by atoms with Crippen LogP contribution in [0.4, 0.5) is 8.78 Å². The second-order valence-corrected chi connectivity index (χ2v) is 4.90. The highest BCUT2D eigenvalue weighted by atomic mass is 35.5. The molecule has 1 N–H and O–H groups in total. The molecule has 122 valence electrons. The van der Waals surface area contributed by atoms with Gasteiger partial charge in [0.2, 0.25) is 0 Å². The van der Waals surface area contributed by atoms with Gasteiger partial charge in [0.05, 0.1) is 6.54 Å². The van der Waals surface area contributed by atoms with Gasteiger partial charge in [-0.15, -0.1) is 0 Å². The number of alkyl halides is 2. The van der Waals surface area contributed by atoms with E-state index in [1.165, 1.54) is 24.3 Å². The van der Waals surface area contributed by atoms with Crippen LogP contribution in [-0.4, -0.2) is 25.7 Å². The lowest BCUT2D eigenvalue weighted by atomic mass is 10.2. The quantitative estimate of drug-likeness (QED) is 0.780. The Labute approximate surface area is 137 Å². The third kappa shape index (κ3) is 5.75. The van der Waals surface area contributed by atoms with Crippen molar-refractivity contribution in [2.45, 2.75) is 6.61 Å². The van der Waals surface area contributed by atoms with Gasteiger partial charge in [0.15, 0.2) is 0 Å². The van der Waals surface area contributed by atoms with Crippen LogP contribution in [0.15, 0.2) is 48.5 Å². The molecule has 2 aromatic rings. The summed E-state index contributed by atoms with van der Waals surface area (Å²) in [5, 5.41) is 3.28. The second kappa shape index (κ2) is 8.33. The fraction of sp³-hybridized carbons (Fsp3) is 0.188. The molecular weight excluding hydrogens is 328 g/mol. The second-order valence-electron chi connectivity index (χ2n) is 4.46. The van der Waals surface area contributed by atoms with Crippen LogP contribution < -0.4 is 14.8 Å². The lowest BCUT2D eigenvalue weighted by Gasteiger charge is -2.08. The van der Waals surface area contributed by atoms with Gasteiger partial charge in [-0.05, 0) is 48.5 Å². The van der Waals surface area contributed by atoms with E-state index < -0.39 is 6.61 Å². The van der Waals surface area contributed by atoms with Crippen LogP contribution in [0.2, 0.25) is 5.02 Å². The molecule has 0 aliphatic rings. The lowest BCUT2D eigenvalue weighted by molar-refractivity contribution is -0.0498. The van der Waals surface area contributed by atoms with E-state index in [2.05, 4.69) is 10.1 Å². The smallest absolute Gasteiger partial charge is 0.387 e. The molecule has 0 unspecified atom stereocenters. The number of hydrogen-bond acceptors (Lipinski definition) is 3. The van der Waals surface area contributed by atoms with Crippen LogP contribution >= 0.6 is 11.6 Å². The fourth-order valence-corrected chi connectivity index (χ4v) is 1.88. The van der Waals surface area contributed by atoms with Crippen molar-refractivity contribution >= 4 is 17.5 Å². The Kier molecular flexibility index (Phi) is 6.17. The first-order valence-electron chi connectivity index (χ1n) is 6.76. The third-order valence-electron chi connectivity index (χ3n) is 2.81. The summed E-state index contributed by atoms with van der Waals surface area (Å²) in [5.41, 5.74) is 0.345. The molecule has 0 aromatic heterocycles. The summed E-state index contributed by atoms with van der Waals surface area (Å²) in [6, 6.07) is 12.3. The van der Waals surface area contributed by atoms with Crippen molar-refractivity contribution in [3.63, 3.8) is 0 Å². The molecule has 0 aliphatic heterocycles. The minimum atomic E-state index is -2.89. The number of amides is 1. The SMILES string of the molecule is O=C(NCCOc1ccc(Cl)cc1)c1ccc(OC(F)F)cc1. The Balaban J connectivity index is 1.75. The maximum atomic E-state index is 12.0. The molecule has 0 spiro atoms. The van der Waals surface area contributed by atoms with Gasteiger partial charge in [-0.1, -0.05) is 11.6 Å². The number of carbonyl (C=O) groups is 1. The fourth-order valence-electron chi connectivity index (χ4n) is 1.75. The zero-order chi connectivity index (χ0) is 16.7. The number of ether oxygens (including phenoxy) is 2. The minimum absolute atomic E-state index is 0.00243. The molecule has 0 radical (unpaired) electrons. The van der Waals surface area contributed by atoms with Gasteiger partial charge in [0, 0.05) is 10.6 Å². The molecule has 0 bridgehead atoms. The molecular formula is C16H14ClF2NO3. The molecule has 0 heterocycles. The van der Waals surface area contributed by atoms with E-state index in [1.807, 2.05) is 0 Å². The van der Waals surface area contributed by atoms with Crippen LogP contribution in [0.25, 0.3) is 0 Å². The summed E-state index contributed by atoms with van der Waals surface area (Å²) in [4.78, 5) is 11.9. The highest BCUT2D eigenvalue weighted by Crippen LogP contribution is 2.16. The molecule has 0 fully saturated rings. The molecule has 23 heavy (non-hydrogen) atoms. The summed E-state index contributed by atoms with van der Waals surface area (Å²) in [5.74, 6) is 0.327. The van der Waals surface area contributed by atoms with Crippen molar-refractivity contribution in [3.8, 4) is 11.5 Å². The summed E-state index contributed by atoms with van der Waals surface area (Å²) >= 11 is 5.76. The number of hydrogen-bond donors (Lipinski definition) is 1.